The minimum Gasteiger partial charge on any atom is -0.481 e. The molecule has 0 aliphatic carbocycles. The molecule has 0 radical (unpaired) electrons. The molecule has 1 N–H and O–H groups in total. The van der Waals surface area contributed by atoms with Crippen molar-refractivity contribution in [3.8, 4) is 17.6 Å². The molecule has 98 valence electrons. The van der Waals surface area contributed by atoms with Crippen LogP contribution in [0.25, 0.3) is 0 Å². The van der Waals surface area contributed by atoms with Crippen LogP contribution < -0.4 is 10.1 Å². The lowest BCUT2D eigenvalue weighted by Gasteiger charge is -2.12. The predicted octanol–water partition coefficient (Wildman–Crippen LogP) is 3.40. The van der Waals surface area contributed by atoms with Crippen molar-refractivity contribution in [2.75, 3.05) is 13.7 Å². The molecule has 1 rings (SSSR count). The molecule has 1 atom stereocenters. The van der Waals surface area contributed by atoms with Crippen molar-refractivity contribution in [1.29, 1.82) is 0 Å². The first kappa shape index (κ1) is 14.6. The Morgan fingerprint density at radius 1 is 1.33 bits per heavy atom. The van der Waals surface area contributed by atoms with Crippen LogP contribution in [0.1, 0.15) is 39.3 Å². The van der Waals surface area contributed by atoms with Crippen molar-refractivity contribution in [3.63, 3.8) is 0 Å². The molecule has 1 aromatic carbocycles. The lowest BCUT2D eigenvalue weighted by Crippen LogP contribution is -2.12. The third kappa shape index (κ3) is 5.25. The lowest BCUT2D eigenvalue weighted by molar-refractivity contribution is 0.368. The Kier molecular flexibility index (Phi) is 5.25. The summed E-state index contributed by atoms with van der Waals surface area (Å²) in [5.74, 6) is 7.07. The van der Waals surface area contributed by atoms with Crippen molar-refractivity contribution >= 4 is 0 Å². The van der Waals surface area contributed by atoms with Gasteiger partial charge in [-0.3, -0.25) is 0 Å². The van der Waals surface area contributed by atoms with Gasteiger partial charge in [-0.25, -0.2) is 0 Å². The van der Waals surface area contributed by atoms with E-state index in [1.54, 1.807) is 0 Å². The summed E-state index contributed by atoms with van der Waals surface area (Å²) in [7, 11) is 1.95. The molecule has 0 spiro atoms. The summed E-state index contributed by atoms with van der Waals surface area (Å²) in [6.45, 7) is 8.84. The van der Waals surface area contributed by atoms with Gasteiger partial charge in [-0.1, -0.05) is 24.0 Å². The summed E-state index contributed by atoms with van der Waals surface area (Å²) in [4.78, 5) is 0. The zero-order valence-corrected chi connectivity index (χ0v) is 12.0. The molecule has 0 heterocycles. The topological polar surface area (TPSA) is 21.3 Å². The molecular formula is C16H23NO. The van der Waals surface area contributed by atoms with E-state index in [1.165, 1.54) is 5.56 Å². The van der Waals surface area contributed by atoms with Gasteiger partial charge in [0, 0.05) is 11.5 Å². The molecule has 0 amide bonds. The molecule has 0 saturated heterocycles. The molecule has 2 heteroatoms. The quantitative estimate of drug-likeness (QED) is 0.821. The van der Waals surface area contributed by atoms with Gasteiger partial charge in [0.2, 0.25) is 0 Å². The van der Waals surface area contributed by atoms with Gasteiger partial charge >= 0.3 is 0 Å². The van der Waals surface area contributed by atoms with Crippen molar-refractivity contribution in [1.82, 2.24) is 5.32 Å². The molecule has 2 nitrogen and oxygen atoms in total. The number of hydrogen-bond acceptors (Lipinski definition) is 2. The van der Waals surface area contributed by atoms with Crippen molar-refractivity contribution < 1.29 is 4.74 Å². The molecule has 0 fully saturated rings. The maximum atomic E-state index is 5.64. The lowest BCUT2D eigenvalue weighted by atomic mass is 9.98. The minimum absolute atomic E-state index is 0.0336. The van der Waals surface area contributed by atoms with Gasteiger partial charge in [0.1, 0.15) is 12.4 Å². The van der Waals surface area contributed by atoms with Crippen LogP contribution in [-0.2, 0) is 0 Å². The second-order valence-electron chi connectivity index (χ2n) is 5.42. The van der Waals surface area contributed by atoms with Crippen molar-refractivity contribution in [2.45, 2.75) is 33.7 Å². The summed E-state index contributed by atoms with van der Waals surface area (Å²) < 4.78 is 5.64. The van der Waals surface area contributed by atoms with Gasteiger partial charge < -0.3 is 10.1 Å². The second-order valence-corrected chi connectivity index (χ2v) is 5.42. The minimum atomic E-state index is 0.0336. The SMILES string of the molecule is CNC(C)c1cccc(OCC#CC(C)(C)C)c1. The van der Waals surface area contributed by atoms with E-state index in [9.17, 15) is 0 Å². The van der Waals surface area contributed by atoms with Crippen LogP contribution in [0.2, 0.25) is 0 Å². The predicted molar refractivity (Wildman–Crippen MR) is 76.6 cm³/mol. The van der Waals surface area contributed by atoms with E-state index in [2.05, 4.69) is 57.0 Å². The third-order valence-electron chi connectivity index (χ3n) is 2.57. The largest absolute Gasteiger partial charge is 0.481 e. The van der Waals surface area contributed by atoms with Gasteiger partial charge in [0.15, 0.2) is 0 Å². The van der Waals surface area contributed by atoms with Gasteiger partial charge in [0.05, 0.1) is 0 Å². The van der Waals surface area contributed by atoms with Crippen LogP contribution in [0, 0.1) is 17.3 Å². The Labute approximate surface area is 111 Å². The second kappa shape index (κ2) is 6.47. The highest BCUT2D eigenvalue weighted by Crippen LogP contribution is 2.18. The number of rotatable bonds is 4. The zero-order chi connectivity index (χ0) is 13.6. The highest BCUT2D eigenvalue weighted by atomic mass is 16.5. The van der Waals surface area contributed by atoms with Gasteiger partial charge in [-0.15, -0.1) is 0 Å². The maximum absolute atomic E-state index is 5.64. The van der Waals surface area contributed by atoms with Crippen LogP contribution in [0.5, 0.6) is 5.75 Å². The Balaban J connectivity index is 2.60. The molecule has 0 aliphatic rings. The van der Waals surface area contributed by atoms with Crippen LogP contribution >= 0.6 is 0 Å². The first-order valence-electron chi connectivity index (χ1n) is 6.32. The molecule has 1 aromatic rings. The highest BCUT2D eigenvalue weighted by molar-refractivity contribution is 5.30. The van der Waals surface area contributed by atoms with Crippen LogP contribution in [0.15, 0.2) is 24.3 Å². The first-order valence-corrected chi connectivity index (χ1v) is 6.32. The van der Waals surface area contributed by atoms with E-state index in [4.69, 9.17) is 4.74 Å². The van der Waals surface area contributed by atoms with Crippen molar-refractivity contribution in [3.05, 3.63) is 29.8 Å². The summed E-state index contributed by atoms with van der Waals surface area (Å²) in [6.07, 6.45) is 0. The van der Waals surface area contributed by atoms with E-state index in [-0.39, 0.29) is 5.41 Å². The number of hydrogen-bond donors (Lipinski definition) is 1. The molecule has 0 aromatic heterocycles. The van der Waals surface area contributed by atoms with Gasteiger partial charge in [0.25, 0.3) is 0 Å². The Hall–Kier alpha value is -1.46. The van der Waals surface area contributed by atoms with Crippen molar-refractivity contribution in [2.24, 2.45) is 5.41 Å². The normalized spacial score (nSPS) is 12.5. The van der Waals surface area contributed by atoms with Crippen LogP contribution in [-0.4, -0.2) is 13.7 Å². The Morgan fingerprint density at radius 2 is 2.06 bits per heavy atom. The average Bonchev–Trinajstić information content (AvgIpc) is 2.33. The summed E-state index contributed by atoms with van der Waals surface area (Å²) in [5.41, 5.74) is 1.25. The molecule has 1 unspecified atom stereocenters. The molecule has 18 heavy (non-hydrogen) atoms. The third-order valence-corrected chi connectivity index (χ3v) is 2.57. The number of nitrogens with one attached hydrogen (secondary N) is 1. The van der Waals surface area contributed by atoms with Gasteiger partial charge in [-0.2, -0.15) is 0 Å². The van der Waals surface area contributed by atoms with Crippen LogP contribution in [0.4, 0.5) is 0 Å². The molecule has 0 bridgehead atoms. The highest BCUT2D eigenvalue weighted by Gasteiger charge is 2.04. The van der Waals surface area contributed by atoms with E-state index >= 15 is 0 Å². The molecule has 0 aliphatic heterocycles. The summed E-state index contributed by atoms with van der Waals surface area (Å²) in [5, 5.41) is 3.21. The Bertz CT molecular complexity index is 434. The smallest absolute Gasteiger partial charge is 0.149 e. The fourth-order valence-electron chi connectivity index (χ4n) is 1.46. The number of ether oxygens (including phenoxy) is 1. The average molecular weight is 245 g/mol. The van der Waals surface area contributed by atoms with Crippen LogP contribution in [0.3, 0.4) is 0 Å². The zero-order valence-electron chi connectivity index (χ0n) is 12.0. The van der Waals surface area contributed by atoms with E-state index in [0.29, 0.717) is 12.6 Å². The van der Waals surface area contributed by atoms with E-state index in [0.717, 1.165) is 5.75 Å². The monoisotopic (exact) mass is 245 g/mol. The fraction of sp³-hybridized carbons (Fsp3) is 0.500. The Morgan fingerprint density at radius 3 is 2.67 bits per heavy atom. The fourth-order valence-corrected chi connectivity index (χ4v) is 1.46. The summed E-state index contributed by atoms with van der Waals surface area (Å²) in [6, 6.07) is 8.45. The molecular weight excluding hydrogens is 222 g/mol. The maximum Gasteiger partial charge on any atom is 0.149 e. The van der Waals surface area contributed by atoms with Gasteiger partial charge in [-0.05, 0) is 52.4 Å². The summed E-state index contributed by atoms with van der Waals surface area (Å²) >= 11 is 0. The first-order chi connectivity index (χ1) is 8.42. The molecule has 0 saturated carbocycles. The van der Waals surface area contributed by atoms with E-state index < -0.39 is 0 Å². The number of benzene rings is 1. The standard InChI is InChI=1S/C16H23NO/c1-13(17-5)14-8-6-9-15(12-14)18-11-7-10-16(2,3)4/h6,8-9,12-13,17H,11H2,1-5H3. The van der Waals surface area contributed by atoms with E-state index in [1.807, 2.05) is 19.2 Å².